The average Bonchev–Trinajstić information content (AvgIpc) is 2.79. The second-order valence-corrected chi connectivity index (χ2v) is 5.14. The van der Waals surface area contributed by atoms with Crippen LogP contribution in [0.25, 0.3) is 11.0 Å². The summed E-state index contributed by atoms with van der Waals surface area (Å²) in [4.78, 5) is 6.61. The molecule has 0 amide bonds. The molecule has 0 radical (unpaired) electrons. The summed E-state index contributed by atoms with van der Waals surface area (Å²) in [6.45, 7) is 4.46. The summed E-state index contributed by atoms with van der Waals surface area (Å²) in [5, 5.41) is 9.47. The topological polar surface area (TPSA) is 50.5 Å². The molecule has 2 aromatic rings. The Balaban J connectivity index is 2.31. The first-order valence-corrected chi connectivity index (χ1v) is 7.03. The van der Waals surface area contributed by atoms with E-state index in [4.69, 9.17) is 4.74 Å². The van der Waals surface area contributed by atoms with Crippen molar-refractivity contribution in [3.8, 4) is 5.75 Å². The number of hydrogen-bond donors (Lipinski definition) is 1. The van der Waals surface area contributed by atoms with Crippen LogP contribution in [0.15, 0.2) is 18.2 Å². The van der Waals surface area contributed by atoms with E-state index in [0.717, 1.165) is 36.3 Å². The van der Waals surface area contributed by atoms with Gasteiger partial charge in [-0.1, -0.05) is 6.92 Å². The van der Waals surface area contributed by atoms with Crippen LogP contribution in [0.3, 0.4) is 0 Å². The zero-order chi connectivity index (χ0) is 14.5. The molecule has 1 heterocycles. The van der Waals surface area contributed by atoms with E-state index in [1.807, 2.05) is 32.3 Å². The van der Waals surface area contributed by atoms with Crippen molar-refractivity contribution in [1.29, 1.82) is 0 Å². The van der Waals surface area contributed by atoms with E-state index in [-0.39, 0.29) is 6.61 Å². The molecule has 0 bridgehead atoms. The van der Waals surface area contributed by atoms with Crippen molar-refractivity contribution in [3.05, 3.63) is 24.0 Å². The first-order chi connectivity index (χ1) is 9.65. The van der Waals surface area contributed by atoms with Crippen LogP contribution in [0.4, 0.5) is 0 Å². The highest BCUT2D eigenvalue weighted by Gasteiger charge is 2.11. The van der Waals surface area contributed by atoms with E-state index in [1.165, 1.54) is 0 Å². The molecule has 0 spiro atoms. The second kappa shape index (κ2) is 6.72. The highest BCUT2D eigenvalue weighted by Crippen LogP contribution is 2.22. The van der Waals surface area contributed by atoms with Gasteiger partial charge in [-0.3, -0.25) is 0 Å². The van der Waals surface area contributed by atoms with Gasteiger partial charge >= 0.3 is 0 Å². The SMILES string of the molecule is CCCOc1ccc2c(c1)nc(CO)n2CCN(C)C. The van der Waals surface area contributed by atoms with Crippen LogP contribution in [-0.2, 0) is 13.2 Å². The fraction of sp³-hybridized carbons (Fsp3) is 0.533. The Labute approximate surface area is 119 Å². The Morgan fingerprint density at radius 2 is 2.15 bits per heavy atom. The Kier molecular flexibility index (Phi) is 4.98. The van der Waals surface area contributed by atoms with Crippen LogP contribution in [0.5, 0.6) is 5.75 Å². The minimum Gasteiger partial charge on any atom is -0.494 e. The summed E-state index contributed by atoms with van der Waals surface area (Å²) in [5.41, 5.74) is 1.92. The predicted molar refractivity (Wildman–Crippen MR) is 80.0 cm³/mol. The standard InChI is InChI=1S/C15H23N3O2/c1-4-9-20-12-5-6-14-13(10-12)16-15(11-19)18(14)8-7-17(2)3/h5-6,10,19H,4,7-9,11H2,1-3H3. The lowest BCUT2D eigenvalue weighted by Crippen LogP contribution is -2.19. The number of likely N-dealkylation sites (N-methyl/N-ethyl adjacent to an activating group) is 1. The minimum atomic E-state index is -0.0484. The largest absolute Gasteiger partial charge is 0.494 e. The molecule has 110 valence electrons. The van der Waals surface area contributed by atoms with Crippen molar-refractivity contribution in [1.82, 2.24) is 14.5 Å². The van der Waals surface area contributed by atoms with Crippen LogP contribution in [-0.4, -0.2) is 46.8 Å². The molecular weight excluding hydrogens is 254 g/mol. The molecule has 0 aliphatic rings. The molecule has 0 aliphatic heterocycles. The van der Waals surface area contributed by atoms with Crippen molar-refractivity contribution in [2.45, 2.75) is 26.5 Å². The molecule has 0 saturated carbocycles. The molecule has 0 atom stereocenters. The van der Waals surface area contributed by atoms with Gasteiger partial charge in [0.25, 0.3) is 0 Å². The third kappa shape index (κ3) is 3.29. The third-order valence-corrected chi connectivity index (χ3v) is 3.18. The number of aliphatic hydroxyl groups is 1. The van der Waals surface area contributed by atoms with Crippen LogP contribution in [0.1, 0.15) is 19.2 Å². The van der Waals surface area contributed by atoms with Crippen LogP contribution in [0, 0.1) is 0 Å². The zero-order valence-corrected chi connectivity index (χ0v) is 12.5. The van der Waals surface area contributed by atoms with Crippen molar-refractivity contribution < 1.29 is 9.84 Å². The third-order valence-electron chi connectivity index (χ3n) is 3.18. The summed E-state index contributed by atoms with van der Waals surface area (Å²) in [6.07, 6.45) is 0.983. The molecule has 0 aliphatic carbocycles. The fourth-order valence-electron chi connectivity index (χ4n) is 2.14. The smallest absolute Gasteiger partial charge is 0.135 e. The van der Waals surface area contributed by atoms with E-state index >= 15 is 0 Å². The van der Waals surface area contributed by atoms with Gasteiger partial charge in [0, 0.05) is 19.2 Å². The molecule has 20 heavy (non-hydrogen) atoms. The molecule has 1 aromatic carbocycles. The first-order valence-electron chi connectivity index (χ1n) is 7.03. The molecule has 1 N–H and O–H groups in total. The molecule has 0 saturated heterocycles. The first kappa shape index (κ1) is 14.8. The lowest BCUT2D eigenvalue weighted by molar-refractivity contribution is 0.263. The van der Waals surface area contributed by atoms with Gasteiger partial charge in [0.15, 0.2) is 0 Å². The molecular formula is C15H23N3O2. The maximum Gasteiger partial charge on any atom is 0.135 e. The van der Waals surface area contributed by atoms with Gasteiger partial charge in [-0.2, -0.15) is 0 Å². The van der Waals surface area contributed by atoms with Gasteiger partial charge in [-0.15, -0.1) is 0 Å². The van der Waals surface area contributed by atoms with Crippen molar-refractivity contribution in [2.75, 3.05) is 27.2 Å². The number of benzene rings is 1. The van der Waals surface area contributed by atoms with Gasteiger partial charge < -0.3 is 19.3 Å². The van der Waals surface area contributed by atoms with E-state index in [9.17, 15) is 5.11 Å². The van der Waals surface area contributed by atoms with Gasteiger partial charge in [0.05, 0.1) is 17.6 Å². The predicted octanol–water partition coefficient (Wildman–Crippen LogP) is 1.88. The number of imidazole rings is 1. The Bertz CT molecular complexity index is 563. The highest BCUT2D eigenvalue weighted by atomic mass is 16.5. The second-order valence-electron chi connectivity index (χ2n) is 5.14. The number of ether oxygens (including phenoxy) is 1. The molecule has 2 rings (SSSR count). The number of fused-ring (bicyclic) bond motifs is 1. The maximum atomic E-state index is 9.47. The Morgan fingerprint density at radius 1 is 1.35 bits per heavy atom. The van der Waals surface area contributed by atoms with Gasteiger partial charge in [-0.05, 0) is 32.6 Å². The van der Waals surface area contributed by atoms with Crippen molar-refractivity contribution in [2.24, 2.45) is 0 Å². The van der Waals surface area contributed by atoms with Gasteiger partial charge in [0.1, 0.15) is 18.2 Å². The Morgan fingerprint density at radius 3 is 2.80 bits per heavy atom. The number of hydrogen-bond acceptors (Lipinski definition) is 4. The van der Waals surface area contributed by atoms with Crippen LogP contribution in [0.2, 0.25) is 0 Å². The monoisotopic (exact) mass is 277 g/mol. The summed E-state index contributed by atoms with van der Waals surface area (Å²) in [7, 11) is 4.07. The normalized spacial score (nSPS) is 11.4. The lowest BCUT2D eigenvalue weighted by atomic mass is 10.3. The summed E-state index contributed by atoms with van der Waals surface area (Å²) in [5.74, 6) is 1.54. The Hall–Kier alpha value is -1.59. The number of aliphatic hydroxyl groups excluding tert-OH is 1. The average molecular weight is 277 g/mol. The molecule has 0 unspecified atom stereocenters. The van der Waals surface area contributed by atoms with E-state index in [0.29, 0.717) is 12.4 Å². The number of aromatic nitrogens is 2. The van der Waals surface area contributed by atoms with Crippen LogP contribution >= 0.6 is 0 Å². The van der Waals surface area contributed by atoms with Crippen molar-refractivity contribution >= 4 is 11.0 Å². The number of rotatable bonds is 7. The molecule has 0 fully saturated rings. The zero-order valence-electron chi connectivity index (χ0n) is 12.5. The quantitative estimate of drug-likeness (QED) is 0.839. The molecule has 1 aromatic heterocycles. The van der Waals surface area contributed by atoms with Crippen molar-refractivity contribution in [3.63, 3.8) is 0 Å². The summed E-state index contributed by atoms with van der Waals surface area (Å²) < 4.78 is 7.69. The number of nitrogens with zero attached hydrogens (tertiary/aromatic N) is 3. The minimum absolute atomic E-state index is 0.0484. The summed E-state index contributed by atoms with van der Waals surface area (Å²) >= 11 is 0. The van der Waals surface area contributed by atoms with E-state index < -0.39 is 0 Å². The van der Waals surface area contributed by atoms with Gasteiger partial charge in [0.2, 0.25) is 0 Å². The van der Waals surface area contributed by atoms with Crippen LogP contribution < -0.4 is 4.74 Å². The lowest BCUT2D eigenvalue weighted by Gasteiger charge is -2.12. The molecule has 5 heteroatoms. The fourth-order valence-corrected chi connectivity index (χ4v) is 2.14. The maximum absolute atomic E-state index is 9.47. The highest BCUT2D eigenvalue weighted by molar-refractivity contribution is 5.77. The van der Waals surface area contributed by atoms with E-state index in [2.05, 4.69) is 21.4 Å². The molecule has 5 nitrogen and oxygen atoms in total. The summed E-state index contributed by atoms with van der Waals surface area (Å²) in [6, 6.07) is 5.92. The van der Waals surface area contributed by atoms with Gasteiger partial charge in [-0.25, -0.2) is 4.98 Å². The van der Waals surface area contributed by atoms with E-state index in [1.54, 1.807) is 0 Å².